The summed E-state index contributed by atoms with van der Waals surface area (Å²) in [6.45, 7) is 0. The first kappa shape index (κ1) is 18.3. The lowest BCUT2D eigenvalue weighted by atomic mass is 9.73. The Morgan fingerprint density at radius 2 is 1.58 bits per heavy atom. The van der Waals surface area contributed by atoms with E-state index in [1.807, 2.05) is 0 Å². The summed E-state index contributed by atoms with van der Waals surface area (Å²) in [6.07, 6.45) is 11.5. The lowest BCUT2D eigenvalue weighted by Gasteiger charge is -2.32. The van der Waals surface area contributed by atoms with E-state index in [1.165, 1.54) is 44.2 Å². The number of benzene rings is 1. The minimum atomic E-state index is -0.634. The topological polar surface area (TPSA) is 111 Å². The van der Waals surface area contributed by atoms with Gasteiger partial charge in [0, 0.05) is 17.2 Å². The van der Waals surface area contributed by atoms with Crippen LogP contribution >= 0.6 is 0 Å². The Labute approximate surface area is 152 Å². The molecular formula is C18H24N4O4. The van der Waals surface area contributed by atoms with E-state index in [9.17, 15) is 20.2 Å². The van der Waals surface area contributed by atoms with Crippen LogP contribution in [0.1, 0.15) is 64.2 Å². The van der Waals surface area contributed by atoms with Crippen LogP contribution < -0.4 is 5.43 Å². The fourth-order valence-corrected chi connectivity index (χ4v) is 4.29. The van der Waals surface area contributed by atoms with Gasteiger partial charge in [-0.15, -0.1) is 0 Å². The van der Waals surface area contributed by atoms with Crippen LogP contribution in [0.4, 0.5) is 17.1 Å². The maximum atomic E-state index is 11.3. The molecule has 0 amide bonds. The van der Waals surface area contributed by atoms with Crippen molar-refractivity contribution in [3.8, 4) is 0 Å². The first-order valence-corrected chi connectivity index (χ1v) is 9.28. The van der Waals surface area contributed by atoms with Crippen LogP contribution in [-0.2, 0) is 0 Å². The van der Waals surface area contributed by atoms with E-state index in [1.54, 1.807) is 0 Å². The Kier molecular flexibility index (Phi) is 5.49. The van der Waals surface area contributed by atoms with Gasteiger partial charge in [-0.25, -0.2) is 0 Å². The minimum absolute atomic E-state index is 0.128. The number of nitrogens with zero attached hydrogens (tertiary/aromatic N) is 3. The van der Waals surface area contributed by atoms with Crippen LogP contribution in [-0.4, -0.2) is 15.6 Å². The van der Waals surface area contributed by atoms with Crippen molar-refractivity contribution in [2.75, 3.05) is 5.43 Å². The zero-order valence-corrected chi connectivity index (χ0v) is 14.8. The average Bonchev–Trinajstić information content (AvgIpc) is 3.08. The number of hydrogen-bond donors (Lipinski definition) is 1. The standard InChI is InChI=1S/C18H24N4O4/c23-21(24)14-8-9-15(16(13-14)22(25)26)19-20-17-7-3-1-2-4-10-18(17)11-5-6-12-18/h8-9,13,19H,1-7,10-12H2. The van der Waals surface area contributed by atoms with Crippen LogP contribution in [0.25, 0.3) is 0 Å². The average molecular weight is 360 g/mol. The van der Waals surface area contributed by atoms with Crippen molar-refractivity contribution in [2.24, 2.45) is 10.5 Å². The molecule has 0 radical (unpaired) electrons. The predicted octanol–water partition coefficient (Wildman–Crippen LogP) is 5.19. The van der Waals surface area contributed by atoms with Gasteiger partial charge in [-0.1, -0.05) is 32.1 Å². The second-order valence-electron chi connectivity index (χ2n) is 7.29. The summed E-state index contributed by atoms with van der Waals surface area (Å²) in [5.41, 5.74) is 3.67. The highest BCUT2D eigenvalue weighted by atomic mass is 16.6. The summed E-state index contributed by atoms with van der Waals surface area (Å²) >= 11 is 0. The molecule has 0 atom stereocenters. The van der Waals surface area contributed by atoms with Crippen molar-refractivity contribution in [1.29, 1.82) is 0 Å². The van der Waals surface area contributed by atoms with E-state index < -0.39 is 9.85 Å². The van der Waals surface area contributed by atoms with Crippen LogP contribution in [0.5, 0.6) is 0 Å². The van der Waals surface area contributed by atoms with Gasteiger partial charge in [0.25, 0.3) is 5.69 Å². The molecule has 1 aromatic rings. The Hall–Kier alpha value is -2.51. The Morgan fingerprint density at radius 1 is 0.923 bits per heavy atom. The molecule has 26 heavy (non-hydrogen) atoms. The first-order valence-electron chi connectivity index (χ1n) is 9.28. The highest BCUT2D eigenvalue weighted by molar-refractivity contribution is 5.91. The predicted molar refractivity (Wildman–Crippen MR) is 99.4 cm³/mol. The molecule has 2 fully saturated rings. The van der Waals surface area contributed by atoms with Crippen LogP contribution in [0.15, 0.2) is 23.3 Å². The number of anilines is 1. The van der Waals surface area contributed by atoms with Crippen molar-refractivity contribution in [1.82, 2.24) is 0 Å². The molecule has 8 nitrogen and oxygen atoms in total. The summed E-state index contributed by atoms with van der Waals surface area (Å²) in [7, 11) is 0. The number of rotatable bonds is 4. The van der Waals surface area contributed by atoms with E-state index in [4.69, 9.17) is 0 Å². The molecule has 8 heteroatoms. The molecule has 1 N–H and O–H groups in total. The third kappa shape index (κ3) is 3.84. The molecule has 0 aliphatic heterocycles. The van der Waals surface area contributed by atoms with Gasteiger partial charge in [0.2, 0.25) is 0 Å². The van der Waals surface area contributed by atoms with Crippen molar-refractivity contribution >= 4 is 22.8 Å². The monoisotopic (exact) mass is 360 g/mol. The molecule has 0 heterocycles. The Bertz CT molecular complexity index is 726. The largest absolute Gasteiger partial charge is 0.301 e. The fraction of sp³-hybridized carbons (Fsp3) is 0.611. The molecule has 140 valence electrons. The smallest absolute Gasteiger partial charge is 0.272 e. The molecule has 2 aliphatic rings. The number of hydrazone groups is 1. The molecule has 0 saturated heterocycles. The summed E-state index contributed by atoms with van der Waals surface area (Å²) in [6, 6.07) is 3.61. The third-order valence-corrected chi connectivity index (χ3v) is 5.69. The summed E-state index contributed by atoms with van der Waals surface area (Å²) < 4.78 is 0. The van der Waals surface area contributed by atoms with Gasteiger partial charge in [-0.05, 0) is 38.2 Å². The molecule has 2 saturated carbocycles. The molecule has 2 aliphatic carbocycles. The van der Waals surface area contributed by atoms with E-state index in [0.29, 0.717) is 0 Å². The van der Waals surface area contributed by atoms with E-state index in [2.05, 4.69) is 10.5 Å². The van der Waals surface area contributed by atoms with Gasteiger partial charge in [-0.2, -0.15) is 5.10 Å². The van der Waals surface area contributed by atoms with E-state index >= 15 is 0 Å². The third-order valence-electron chi connectivity index (χ3n) is 5.69. The number of nitro groups is 2. The minimum Gasteiger partial charge on any atom is -0.272 e. The van der Waals surface area contributed by atoms with Crippen molar-refractivity contribution in [2.45, 2.75) is 64.2 Å². The van der Waals surface area contributed by atoms with Gasteiger partial charge < -0.3 is 0 Å². The SMILES string of the molecule is O=[N+]([O-])c1ccc(NN=C2CCCCCCC23CCCC3)c([N+](=O)[O-])c1. The molecule has 3 rings (SSSR count). The maximum Gasteiger partial charge on any atom is 0.301 e. The van der Waals surface area contributed by atoms with Crippen LogP contribution in [0.3, 0.4) is 0 Å². The van der Waals surface area contributed by atoms with E-state index in [0.717, 1.165) is 43.9 Å². The lowest BCUT2D eigenvalue weighted by Crippen LogP contribution is -2.30. The Morgan fingerprint density at radius 3 is 2.23 bits per heavy atom. The fourth-order valence-electron chi connectivity index (χ4n) is 4.29. The van der Waals surface area contributed by atoms with Crippen molar-refractivity contribution in [3.05, 3.63) is 38.4 Å². The summed E-state index contributed by atoms with van der Waals surface area (Å²) in [5, 5.41) is 26.8. The first-order chi connectivity index (χ1) is 12.5. The highest BCUT2D eigenvalue weighted by Gasteiger charge is 2.38. The van der Waals surface area contributed by atoms with Crippen LogP contribution in [0.2, 0.25) is 0 Å². The number of nitro benzene ring substituents is 2. The number of hydrogen-bond acceptors (Lipinski definition) is 6. The Balaban J connectivity index is 1.89. The van der Waals surface area contributed by atoms with Gasteiger partial charge in [0.15, 0.2) is 0 Å². The van der Waals surface area contributed by atoms with Gasteiger partial charge in [0.05, 0.1) is 15.9 Å². The van der Waals surface area contributed by atoms with Crippen molar-refractivity contribution < 1.29 is 9.85 Å². The molecule has 1 spiro atoms. The highest BCUT2D eigenvalue weighted by Crippen LogP contribution is 2.46. The molecule has 0 bridgehead atoms. The summed E-state index contributed by atoms with van der Waals surface area (Å²) in [5.74, 6) is 0. The quantitative estimate of drug-likeness (QED) is 0.587. The van der Waals surface area contributed by atoms with Crippen LogP contribution in [0, 0.1) is 25.6 Å². The number of nitrogens with one attached hydrogen (secondary N) is 1. The molecule has 0 aromatic heterocycles. The van der Waals surface area contributed by atoms with Gasteiger partial charge in [-0.3, -0.25) is 25.7 Å². The second kappa shape index (κ2) is 7.80. The zero-order chi connectivity index (χ0) is 18.6. The van der Waals surface area contributed by atoms with E-state index in [-0.39, 0.29) is 22.5 Å². The molecule has 1 aromatic carbocycles. The molecular weight excluding hydrogens is 336 g/mol. The number of non-ortho nitro benzene ring substituents is 1. The summed E-state index contributed by atoms with van der Waals surface area (Å²) in [4.78, 5) is 20.9. The van der Waals surface area contributed by atoms with Crippen molar-refractivity contribution in [3.63, 3.8) is 0 Å². The zero-order valence-electron chi connectivity index (χ0n) is 14.8. The second-order valence-corrected chi connectivity index (χ2v) is 7.29. The molecule has 0 unspecified atom stereocenters. The normalized spacial score (nSPS) is 21.3. The lowest BCUT2D eigenvalue weighted by molar-refractivity contribution is -0.393. The van der Waals surface area contributed by atoms with Gasteiger partial charge >= 0.3 is 5.69 Å². The van der Waals surface area contributed by atoms with Gasteiger partial charge in [0.1, 0.15) is 5.69 Å². The maximum absolute atomic E-state index is 11.3.